The lowest BCUT2D eigenvalue weighted by Crippen LogP contribution is -2.39. The standard InChI is InChI=1S/C15H18F2N2/c1-4-13-9-12(11(2)3)10-14(18-13)19-7-5-15(16,17)6-8-19/h1,9-11H,5-8H2,2-3H3. The number of halogens is 2. The van der Waals surface area contributed by atoms with Gasteiger partial charge in [0.2, 0.25) is 0 Å². The van der Waals surface area contributed by atoms with Gasteiger partial charge in [0.05, 0.1) is 0 Å². The van der Waals surface area contributed by atoms with E-state index in [0.29, 0.717) is 24.7 Å². The molecule has 0 aromatic carbocycles. The van der Waals surface area contributed by atoms with Crippen LogP contribution >= 0.6 is 0 Å². The zero-order valence-electron chi connectivity index (χ0n) is 11.3. The molecule has 0 radical (unpaired) electrons. The summed E-state index contributed by atoms with van der Waals surface area (Å²) in [5, 5.41) is 0. The predicted molar refractivity (Wildman–Crippen MR) is 72.7 cm³/mol. The van der Waals surface area contributed by atoms with Gasteiger partial charge >= 0.3 is 0 Å². The zero-order chi connectivity index (χ0) is 14.0. The Morgan fingerprint density at radius 2 is 1.95 bits per heavy atom. The Morgan fingerprint density at radius 1 is 1.32 bits per heavy atom. The van der Waals surface area contributed by atoms with E-state index < -0.39 is 5.92 Å². The highest BCUT2D eigenvalue weighted by Gasteiger charge is 2.34. The molecule has 0 atom stereocenters. The molecule has 102 valence electrons. The van der Waals surface area contributed by atoms with Crippen LogP contribution in [0, 0.1) is 12.3 Å². The summed E-state index contributed by atoms with van der Waals surface area (Å²) in [7, 11) is 0. The van der Waals surface area contributed by atoms with Gasteiger partial charge in [-0.1, -0.05) is 19.8 Å². The molecule has 1 aliphatic heterocycles. The molecule has 0 saturated carbocycles. The van der Waals surface area contributed by atoms with Crippen molar-refractivity contribution in [2.24, 2.45) is 0 Å². The summed E-state index contributed by atoms with van der Waals surface area (Å²) in [6, 6.07) is 3.84. The van der Waals surface area contributed by atoms with Gasteiger partial charge in [-0.25, -0.2) is 13.8 Å². The highest BCUT2D eigenvalue weighted by molar-refractivity contribution is 5.47. The van der Waals surface area contributed by atoms with Gasteiger partial charge in [-0.15, -0.1) is 6.42 Å². The van der Waals surface area contributed by atoms with E-state index in [4.69, 9.17) is 6.42 Å². The maximum absolute atomic E-state index is 13.2. The second-order valence-electron chi connectivity index (χ2n) is 5.29. The number of terminal acetylenes is 1. The van der Waals surface area contributed by atoms with Crippen molar-refractivity contribution in [3.8, 4) is 12.3 Å². The van der Waals surface area contributed by atoms with Gasteiger partial charge in [-0.2, -0.15) is 0 Å². The molecule has 1 fully saturated rings. The fraction of sp³-hybridized carbons (Fsp3) is 0.533. The molecule has 1 aromatic heterocycles. The minimum absolute atomic E-state index is 0.119. The lowest BCUT2D eigenvalue weighted by atomic mass is 10.0. The Morgan fingerprint density at radius 3 is 2.47 bits per heavy atom. The Bertz CT molecular complexity index is 493. The second-order valence-corrected chi connectivity index (χ2v) is 5.29. The van der Waals surface area contributed by atoms with E-state index in [1.807, 2.05) is 17.0 Å². The van der Waals surface area contributed by atoms with E-state index in [2.05, 4.69) is 24.8 Å². The van der Waals surface area contributed by atoms with Crippen LogP contribution in [0.3, 0.4) is 0 Å². The topological polar surface area (TPSA) is 16.1 Å². The number of rotatable bonds is 2. The largest absolute Gasteiger partial charge is 0.356 e. The number of alkyl halides is 2. The van der Waals surface area contributed by atoms with Crippen molar-refractivity contribution < 1.29 is 8.78 Å². The monoisotopic (exact) mass is 264 g/mol. The Kier molecular flexibility index (Phi) is 3.75. The molecule has 2 rings (SSSR count). The van der Waals surface area contributed by atoms with Crippen LogP contribution in [-0.2, 0) is 0 Å². The van der Waals surface area contributed by atoms with Gasteiger partial charge in [0, 0.05) is 25.9 Å². The smallest absolute Gasteiger partial charge is 0.251 e. The van der Waals surface area contributed by atoms with Crippen LogP contribution in [0.5, 0.6) is 0 Å². The molecule has 2 nitrogen and oxygen atoms in total. The summed E-state index contributed by atoms with van der Waals surface area (Å²) >= 11 is 0. The van der Waals surface area contributed by atoms with Crippen LogP contribution in [0.25, 0.3) is 0 Å². The van der Waals surface area contributed by atoms with Crippen LogP contribution in [0.2, 0.25) is 0 Å². The molecule has 4 heteroatoms. The van der Waals surface area contributed by atoms with Crippen LogP contribution < -0.4 is 4.90 Å². The lowest BCUT2D eigenvalue weighted by Gasteiger charge is -2.33. The van der Waals surface area contributed by atoms with E-state index >= 15 is 0 Å². The molecule has 19 heavy (non-hydrogen) atoms. The number of piperidine rings is 1. The third-order valence-corrected chi connectivity index (χ3v) is 3.47. The maximum Gasteiger partial charge on any atom is 0.251 e. The van der Waals surface area contributed by atoms with E-state index in [-0.39, 0.29) is 12.8 Å². The van der Waals surface area contributed by atoms with Crippen molar-refractivity contribution in [3.05, 3.63) is 23.4 Å². The average Bonchev–Trinajstić information content (AvgIpc) is 2.38. The summed E-state index contributed by atoms with van der Waals surface area (Å²) in [5.74, 6) is 1.04. The Labute approximate surface area is 112 Å². The molecule has 0 aliphatic carbocycles. The molecule has 1 aromatic rings. The number of nitrogens with zero attached hydrogens (tertiary/aromatic N) is 2. The zero-order valence-corrected chi connectivity index (χ0v) is 11.3. The summed E-state index contributed by atoms with van der Waals surface area (Å²) in [6.07, 6.45) is 5.17. The fourth-order valence-electron chi connectivity index (χ4n) is 2.17. The SMILES string of the molecule is C#Cc1cc(C(C)C)cc(N2CCC(F)(F)CC2)n1. The van der Waals surface area contributed by atoms with Gasteiger partial charge in [-0.3, -0.25) is 0 Å². The van der Waals surface area contributed by atoms with Crippen molar-refractivity contribution in [2.45, 2.75) is 38.5 Å². The predicted octanol–water partition coefficient (Wildman–Crippen LogP) is 3.42. The molecule has 1 aliphatic rings. The van der Waals surface area contributed by atoms with Crippen LogP contribution in [0.1, 0.15) is 43.9 Å². The van der Waals surface area contributed by atoms with E-state index in [0.717, 1.165) is 11.4 Å². The second kappa shape index (κ2) is 5.16. The average molecular weight is 264 g/mol. The summed E-state index contributed by atoms with van der Waals surface area (Å²) < 4.78 is 26.3. The molecule has 1 saturated heterocycles. The van der Waals surface area contributed by atoms with Crippen LogP contribution in [0.15, 0.2) is 12.1 Å². The first kappa shape index (κ1) is 13.8. The molecule has 0 unspecified atom stereocenters. The summed E-state index contributed by atoms with van der Waals surface area (Å²) in [5.41, 5.74) is 1.66. The first-order valence-corrected chi connectivity index (χ1v) is 6.53. The van der Waals surface area contributed by atoms with Crippen molar-refractivity contribution >= 4 is 5.82 Å². The summed E-state index contributed by atoms with van der Waals surface area (Å²) in [4.78, 5) is 6.24. The van der Waals surface area contributed by atoms with Crippen molar-refractivity contribution in [2.75, 3.05) is 18.0 Å². The molecular formula is C15H18F2N2. The molecule has 0 N–H and O–H groups in total. The minimum atomic E-state index is -2.54. The van der Waals surface area contributed by atoms with Crippen molar-refractivity contribution in [1.82, 2.24) is 4.98 Å². The first-order chi connectivity index (χ1) is 8.91. The Balaban J connectivity index is 2.25. The third-order valence-electron chi connectivity index (χ3n) is 3.47. The first-order valence-electron chi connectivity index (χ1n) is 6.53. The van der Waals surface area contributed by atoms with Gasteiger partial charge in [0.25, 0.3) is 5.92 Å². The van der Waals surface area contributed by atoms with E-state index in [1.165, 1.54) is 0 Å². The highest BCUT2D eigenvalue weighted by Crippen LogP contribution is 2.30. The molecule has 0 bridgehead atoms. The fourth-order valence-corrected chi connectivity index (χ4v) is 2.17. The quantitative estimate of drug-likeness (QED) is 0.761. The normalized spacial score (nSPS) is 18.4. The van der Waals surface area contributed by atoms with Crippen molar-refractivity contribution in [1.29, 1.82) is 0 Å². The number of pyridine rings is 1. The van der Waals surface area contributed by atoms with E-state index in [9.17, 15) is 8.78 Å². The molecule has 2 heterocycles. The number of hydrogen-bond donors (Lipinski definition) is 0. The van der Waals surface area contributed by atoms with Gasteiger partial charge < -0.3 is 4.90 Å². The lowest BCUT2D eigenvalue weighted by molar-refractivity contribution is -0.0221. The van der Waals surface area contributed by atoms with Gasteiger partial charge in [0.15, 0.2) is 0 Å². The number of hydrogen-bond acceptors (Lipinski definition) is 2. The van der Waals surface area contributed by atoms with Gasteiger partial charge in [0.1, 0.15) is 11.5 Å². The minimum Gasteiger partial charge on any atom is -0.356 e. The third kappa shape index (κ3) is 3.23. The summed E-state index contributed by atoms with van der Waals surface area (Å²) in [6.45, 7) is 4.80. The van der Waals surface area contributed by atoms with Crippen LogP contribution in [0.4, 0.5) is 14.6 Å². The molecular weight excluding hydrogens is 246 g/mol. The van der Waals surface area contributed by atoms with E-state index in [1.54, 1.807) is 0 Å². The molecule has 0 spiro atoms. The number of aromatic nitrogens is 1. The molecule has 0 amide bonds. The number of anilines is 1. The Hall–Kier alpha value is -1.63. The van der Waals surface area contributed by atoms with Crippen LogP contribution in [-0.4, -0.2) is 24.0 Å². The van der Waals surface area contributed by atoms with Crippen molar-refractivity contribution in [3.63, 3.8) is 0 Å². The highest BCUT2D eigenvalue weighted by atomic mass is 19.3. The van der Waals surface area contributed by atoms with Gasteiger partial charge in [-0.05, 0) is 23.6 Å². The maximum atomic E-state index is 13.2.